The summed E-state index contributed by atoms with van der Waals surface area (Å²) in [5, 5.41) is 12.0. The zero-order valence-corrected chi connectivity index (χ0v) is 11.0. The van der Waals surface area contributed by atoms with Crippen LogP contribution in [0.1, 0.15) is 25.7 Å². The van der Waals surface area contributed by atoms with Gasteiger partial charge in [0.05, 0.1) is 0 Å². The van der Waals surface area contributed by atoms with Crippen molar-refractivity contribution in [2.45, 2.75) is 25.7 Å². The monoisotopic (exact) mass is 319 g/mol. The van der Waals surface area contributed by atoms with E-state index in [-0.39, 0.29) is 0 Å². The smallest absolute Gasteiger partial charge is 0.0431 e. The summed E-state index contributed by atoms with van der Waals surface area (Å²) in [5.41, 5.74) is 1.19. The first-order valence-corrected chi connectivity index (χ1v) is 6.51. The van der Waals surface area contributed by atoms with E-state index < -0.39 is 0 Å². The van der Waals surface area contributed by atoms with Gasteiger partial charge in [-0.3, -0.25) is 0 Å². The Kier molecular flexibility index (Phi) is 6.76. The summed E-state index contributed by atoms with van der Waals surface area (Å²) in [6, 6.07) is 8.42. The van der Waals surface area contributed by atoms with E-state index in [1.807, 2.05) is 0 Å². The summed E-state index contributed by atoms with van der Waals surface area (Å²) in [6.07, 6.45) is 4.43. The Morgan fingerprint density at radius 1 is 1.00 bits per heavy atom. The molecule has 0 radical (unpaired) electrons. The minimum Gasteiger partial charge on any atom is -0.396 e. The third-order valence-corrected chi connectivity index (χ3v) is 2.98. The average molecular weight is 319 g/mol. The number of halogens is 1. The van der Waals surface area contributed by atoms with Crippen molar-refractivity contribution in [3.63, 3.8) is 0 Å². The fourth-order valence-corrected chi connectivity index (χ4v) is 1.75. The highest BCUT2D eigenvalue weighted by atomic mass is 127. The third-order valence-electron chi connectivity index (χ3n) is 2.26. The Bertz CT molecular complexity index is 261. The van der Waals surface area contributed by atoms with Crippen LogP contribution >= 0.6 is 22.6 Å². The predicted octanol–water partition coefficient (Wildman–Crippen LogP) is 3.26. The van der Waals surface area contributed by atoms with E-state index in [4.69, 9.17) is 5.11 Å². The maximum atomic E-state index is 8.61. The largest absolute Gasteiger partial charge is 0.396 e. The van der Waals surface area contributed by atoms with Crippen LogP contribution in [0.2, 0.25) is 0 Å². The van der Waals surface area contributed by atoms with Crippen molar-refractivity contribution < 1.29 is 5.11 Å². The number of rotatable bonds is 7. The number of hydrogen-bond donors (Lipinski definition) is 2. The Hall–Kier alpha value is -0.290. The molecule has 15 heavy (non-hydrogen) atoms. The van der Waals surface area contributed by atoms with Gasteiger partial charge in [-0.15, -0.1) is 0 Å². The minimum atomic E-state index is 0.324. The lowest BCUT2D eigenvalue weighted by Gasteiger charge is -2.05. The lowest BCUT2D eigenvalue weighted by Crippen LogP contribution is -2.01. The van der Waals surface area contributed by atoms with E-state index in [1.54, 1.807) is 0 Å². The van der Waals surface area contributed by atoms with Crippen molar-refractivity contribution in [2.24, 2.45) is 0 Å². The van der Waals surface area contributed by atoms with Crippen LogP contribution < -0.4 is 5.32 Å². The highest BCUT2D eigenvalue weighted by Gasteiger charge is 1.92. The number of hydrogen-bond acceptors (Lipinski definition) is 2. The molecule has 1 aromatic rings. The molecule has 2 nitrogen and oxygen atoms in total. The molecule has 1 aromatic carbocycles. The zero-order chi connectivity index (χ0) is 10.9. The topological polar surface area (TPSA) is 32.3 Å². The molecule has 0 aliphatic carbocycles. The highest BCUT2D eigenvalue weighted by Crippen LogP contribution is 2.11. The van der Waals surface area contributed by atoms with Crippen LogP contribution in [0.4, 0.5) is 5.69 Å². The van der Waals surface area contributed by atoms with Gasteiger partial charge in [-0.2, -0.15) is 0 Å². The molecule has 0 aliphatic heterocycles. The molecular formula is C12H18INO. The first kappa shape index (κ1) is 12.8. The standard InChI is InChI=1S/C12H18INO/c13-11-5-7-12(8-6-11)14-9-3-1-2-4-10-15/h5-8,14-15H,1-4,9-10H2. The summed E-state index contributed by atoms with van der Waals surface area (Å²) >= 11 is 2.31. The van der Waals surface area contributed by atoms with Crippen molar-refractivity contribution >= 4 is 28.3 Å². The number of aliphatic hydroxyl groups is 1. The first-order chi connectivity index (χ1) is 7.33. The fraction of sp³-hybridized carbons (Fsp3) is 0.500. The summed E-state index contributed by atoms with van der Waals surface area (Å²) in [4.78, 5) is 0. The molecule has 0 unspecified atom stereocenters. The maximum absolute atomic E-state index is 8.61. The van der Waals surface area contributed by atoms with Crippen molar-refractivity contribution in [3.8, 4) is 0 Å². The Morgan fingerprint density at radius 2 is 1.67 bits per heavy atom. The molecular weight excluding hydrogens is 301 g/mol. The molecule has 0 saturated heterocycles. The molecule has 2 N–H and O–H groups in total. The second-order valence-electron chi connectivity index (χ2n) is 3.57. The molecule has 0 spiro atoms. The highest BCUT2D eigenvalue weighted by molar-refractivity contribution is 14.1. The van der Waals surface area contributed by atoms with Crippen molar-refractivity contribution in [3.05, 3.63) is 27.8 Å². The zero-order valence-electron chi connectivity index (χ0n) is 8.88. The van der Waals surface area contributed by atoms with Crippen molar-refractivity contribution in [2.75, 3.05) is 18.5 Å². The molecule has 0 aromatic heterocycles. The van der Waals surface area contributed by atoms with Gasteiger partial charge in [-0.1, -0.05) is 12.8 Å². The first-order valence-electron chi connectivity index (χ1n) is 5.43. The van der Waals surface area contributed by atoms with Gasteiger partial charge in [-0.05, 0) is 59.7 Å². The van der Waals surface area contributed by atoms with Crippen LogP contribution in [0.5, 0.6) is 0 Å². The Labute approximate surface area is 105 Å². The van der Waals surface area contributed by atoms with Crippen molar-refractivity contribution in [1.29, 1.82) is 0 Å². The number of anilines is 1. The van der Waals surface area contributed by atoms with Gasteiger partial charge in [0, 0.05) is 22.4 Å². The van der Waals surface area contributed by atoms with E-state index in [9.17, 15) is 0 Å². The molecule has 3 heteroatoms. The number of unbranched alkanes of at least 4 members (excludes halogenated alkanes) is 3. The summed E-state index contributed by atoms with van der Waals surface area (Å²) in [6.45, 7) is 1.34. The van der Waals surface area contributed by atoms with Crippen molar-refractivity contribution in [1.82, 2.24) is 0 Å². The summed E-state index contributed by atoms with van der Waals surface area (Å²) in [5.74, 6) is 0. The Balaban J connectivity index is 2.07. The average Bonchev–Trinajstić information content (AvgIpc) is 2.26. The van der Waals surface area contributed by atoms with Crippen LogP contribution in [-0.4, -0.2) is 18.3 Å². The Morgan fingerprint density at radius 3 is 2.33 bits per heavy atom. The molecule has 1 rings (SSSR count). The second kappa shape index (κ2) is 7.93. The van der Waals surface area contributed by atoms with Crippen LogP contribution in [0, 0.1) is 3.57 Å². The van der Waals surface area contributed by atoms with Gasteiger partial charge in [0.25, 0.3) is 0 Å². The lowest BCUT2D eigenvalue weighted by atomic mass is 10.2. The second-order valence-corrected chi connectivity index (χ2v) is 4.82. The number of aliphatic hydroxyl groups excluding tert-OH is 1. The van der Waals surface area contributed by atoms with E-state index in [2.05, 4.69) is 52.2 Å². The van der Waals surface area contributed by atoms with E-state index in [0.717, 1.165) is 19.4 Å². The molecule has 84 valence electrons. The van der Waals surface area contributed by atoms with E-state index >= 15 is 0 Å². The summed E-state index contributed by atoms with van der Waals surface area (Å²) in [7, 11) is 0. The normalized spacial score (nSPS) is 10.3. The van der Waals surface area contributed by atoms with Gasteiger partial charge in [0.15, 0.2) is 0 Å². The van der Waals surface area contributed by atoms with E-state index in [1.165, 1.54) is 22.1 Å². The van der Waals surface area contributed by atoms with Gasteiger partial charge in [0.1, 0.15) is 0 Å². The molecule has 0 heterocycles. The van der Waals surface area contributed by atoms with Gasteiger partial charge >= 0.3 is 0 Å². The predicted molar refractivity (Wildman–Crippen MR) is 73.2 cm³/mol. The van der Waals surface area contributed by atoms with Gasteiger partial charge in [-0.25, -0.2) is 0 Å². The lowest BCUT2D eigenvalue weighted by molar-refractivity contribution is 0.283. The van der Waals surface area contributed by atoms with Crippen LogP contribution in [0.25, 0.3) is 0 Å². The number of nitrogens with one attached hydrogen (secondary N) is 1. The SMILES string of the molecule is OCCCCCCNc1ccc(I)cc1. The van der Waals surface area contributed by atoms with Gasteiger partial charge in [0.2, 0.25) is 0 Å². The molecule has 0 atom stereocenters. The molecule has 0 bridgehead atoms. The molecule has 0 amide bonds. The van der Waals surface area contributed by atoms with Crippen LogP contribution in [-0.2, 0) is 0 Å². The minimum absolute atomic E-state index is 0.324. The molecule has 0 fully saturated rings. The fourth-order valence-electron chi connectivity index (χ4n) is 1.39. The number of benzene rings is 1. The van der Waals surface area contributed by atoms with E-state index in [0.29, 0.717) is 6.61 Å². The third kappa shape index (κ3) is 5.99. The molecule has 0 aliphatic rings. The van der Waals surface area contributed by atoms with Gasteiger partial charge < -0.3 is 10.4 Å². The van der Waals surface area contributed by atoms with Crippen LogP contribution in [0.15, 0.2) is 24.3 Å². The quantitative estimate of drug-likeness (QED) is 0.597. The maximum Gasteiger partial charge on any atom is 0.0431 e. The summed E-state index contributed by atoms with van der Waals surface area (Å²) < 4.78 is 1.26. The van der Waals surface area contributed by atoms with Crippen LogP contribution in [0.3, 0.4) is 0 Å². The molecule has 0 saturated carbocycles.